The molecule has 0 spiro atoms. The Bertz CT molecular complexity index is 517. The summed E-state index contributed by atoms with van der Waals surface area (Å²) in [5.41, 5.74) is -0.146. The molecule has 6 nitrogen and oxygen atoms in total. The molecule has 20 heavy (non-hydrogen) atoms. The van der Waals surface area contributed by atoms with Crippen LogP contribution in [0.1, 0.15) is 44.1 Å². The molecule has 1 saturated carbocycles. The van der Waals surface area contributed by atoms with E-state index in [2.05, 4.69) is 21.2 Å². The van der Waals surface area contributed by atoms with Crippen molar-refractivity contribution in [1.29, 1.82) is 5.26 Å². The average molecular weight is 276 g/mol. The highest BCUT2D eigenvalue weighted by Crippen LogP contribution is 2.41. The molecule has 108 valence electrons. The summed E-state index contributed by atoms with van der Waals surface area (Å²) in [6.07, 6.45) is 3.12. The number of nitriles is 1. The Kier molecular flexibility index (Phi) is 3.48. The highest BCUT2D eigenvalue weighted by molar-refractivity contribution is 5.07. The molecule has 3 rings (SSSR count). The summed E-state index contributed by atoms with van der Waals surface area (Å²) < 4.78 is 11.4. The van der Waals surface area contributed by atoms with E-state index >= 15 is 0 Å². The number of aryl methyl sites for hydroxylation is 1. The summed E-state index contributed by atoms with van der Waals surface area (Å²) in [7, 11) is 0. The van der Waals surface area contributed by atoms with Gasteiger partial charge in [-0.05, 0) is 19.8 Å². The van der Waals surface area contributed by atoms with Crippen molar-refractivity contribution < 1.29 is 9.15 Å². The molecule has 1 aromatic rings. The van der Waals surface area contributed by atoms with Gasteiger partial charge in [-0.25, -0.2) is 0 Å². The topological polar surface area (TPSA) is 75.2 Å². The van der Waals surface area contributed by atoms with Crippen LogP contribution >= 0.6 is 0 Å². The van der Waals surface area contributed by atoms with Crippen molar-refractivity contribution >= 4 is 0 Å². The molecule has 0 radical (unpaired) electrons. The van der Waals surface area contributed by atoms with Gasteiger partial charge < -0.3 is 9.15 Å². The van der Waals surface area contributed by atoms with E-state index in [-0.39, 0.29) is 17.6 Å². The maximum atomic E-state index is 9.37. The molecule has 1 saturated heterocycles. The lowest BCUT2D eigenvalue weighted by Crippen LogP contribution is -2.49. The Labute approximate surface area is 118 Å². The second-order valence-corrected chi connectivity index (χ2v) is 6.03. The van der Waals surface area contributed by atoms with Gasteiger partial charge in [-0.15, -0.1) is 10.2 Å². The van der Waals surface area contributed by atoms with Crippen molar-refractivity contribution in [3.8, 4) is 6.07 Å². The van der Waals surface area contributed by atoms with Crippen LogP contribution in [0, 0.1) is 23.7 Å². The van der Waals surface area contributed by atoms with Crippen molar-refractivity contribution in [1.82, 2.24) is 15.1 Å². The van der Waals surface area contributed by atoms with Gasteiger partial charge in [-0.3, -0.25) is 4.90 Å². The fraction of sp³-hybridized carbons (Fsp3) is 0.786. The highest BCUT2D eigenvalue weighted by atomic mass is 16.5. The van der Waals surface area contributed by atoms with E-state index < -0.39 is 0 Å². The minimum atomic E-state index is -0.184. The van der Waals surface area contributed by atoms with E-state index in [9.17, 15) is 5.26 Å². The van der Waals surface area contributed by atoms with Crippen molar-refractivity contribution in [3.63, 3.8) is 0 Å². The molecule has 0 bridgehead atoms. The predicted octanol–water partition coefficient (Wildman–Crippen LogP) is 1.83. The normalized spacial score (nSPS) is 29.6. The van der Waals surface area contributed by atoms with Gasteiger partial charge in [0.1, 0.15) is 6.10 Å². The van der Waals surface area contributed by atoms with Crippen LogP contribution in [0.3, 0.4) is 0 Å². The molecular formula is C14H20N4O2. The zero-order chi connectivity index (χ0) is 14.2. The van der Waals surface area contributed by atoms with E-state index in [1.165, 1.54) is 6.42 Å². The van der Waals surface area contributed by atoms with Crippen LogP contribution in [-0.2, 0) is 4.74 Å². The third kappa shape index (κ3) is 2.56. The van der Waals surface area contributed by atoms with Crippen LogP contribution in [0.5, 0.6) is 0 Å². The molecule has 1 aliphatic heterocycles. The third-order valence-electron chi connectivity index (χ3n) is 4.23. The van der Waals surface area contributed by atoms with Crippen molar-refractivity contribution in [2.24, 2.45) is 5.41 Å². The molecule has 0 unspecified atom stereocenters. The molecule has 2 aliphatic rings. The first-order valence-corrected chi connectivity index (χ1v) is 7.19. The lowest BCUT2D eigenvalue weighted by molar-refractivity contribution is -0.0986. The summed E-state index contributed by atoms with van der Waals surface area (Å²) in [6, 6.07) is 2.50. The zero-order valence-corrected chi connectivity index (χ0v) is 12.0. The minimum absolute atomic E-state index is 0.108. The fourth-order valence-electron chi connectivity index (χ4n) is 3.08. The molecule has 1 aliphatic carbocycles. The maximum absolute atomic E-state index is 9.37. The average Bonchev–Trinajstić information content (AvgIpc) is 2.80. The van der Waals surface area contributed by atoms with E-state index in [1.807, 2.05) is 6.92 Å². The van der Waals surface area contributed by atoms with Crippen LogP contribution < -0.4 is 0 Å². The number of nitrogens with zero attached hydrogens (tertiary/aromatic N) is 4. The molecule has 6 heteroatoms. The van der Waals surface area contributed by atoms with Crippen molar-refractivity contribution in [3.05, 3.63) is 11.8 Å². The van der Waals surface area contributed by atoms with Gasteiger partial charge in [0.15, 0.2) is 0 Å². The van der Waals surface area contributed by atoms with Crippen LogP contribution in [-0.4, -0.2) is 40.8 Å². The number of hydrogen-bond donors (Lipinski definition) is 0. The summed E-state index contributed by atoms with van der Waals surface area (Å²) in [5, 5.41) is 17.3. The van der Waals surface area contributed by atoms with Crippen LogP contribution in [0.4, 0.5) is 0 Å². The molecule has 0 amide bonds. The molecule has 2 fully saturated rings. The molecule has 2 heterocycles. The Morgan fingerprint density at radius 3 is 2.75 bits per heavy atom. The number of rotatable bonds is 3. The molecule has 1 aromatic heterocycles. The van der Waals surface area contributed by atoms with Gasteiger partial charge in [0.05, 0.1) is 17.6 Å². The maximum Gasteiger partial charge on any atom is 0.246 e. The highest BCUT2D eigenvalue weighted by Gasteiger charge is 2.41. The second kappa shape index (κ2) is 5.15. The number of morpholine rings is 1. The molecule has 0 aromatic carbocycles. The lowest BCUT2D eigenvalue weighted by Gasteiger charge is -2.43. The number of hydrogen-bond acceptors (Lipinski definition) is 6. The SMILES string of the molecule is Cc1nnc([C@H]2CN(CC3(C#N)CCC3)C[C@@H](C)O2)o1. The minimum Gasteiger partial charge on any atom is -0.423 e. The summed E-state index contributed by atoms with van der Waals surface area (Å²) >= 11 is 0. The van der Waals surface area contributed by atoms with Crippen LogP contribution in [0.15, 0.2) is 4.42 Å². The van der Waals surface area contributed by atoms with Crippen molar-refractivity contribution in [2.75, 3.05) is 19.6 Å². The van der Waals surface area contributed by atoms with Gasteiger partial charge in [-0.2, -0.15) is 5.26 Å². The zero-order valence-electron chi connectivity index (χ0n) is 12.0. The van der Waals surface area contributed by atoms with Gasteiger partial charge in [0, 0.05) is 26.6 Å². The number of aromatic nitrogens is 2. The van der Waals surface area contributed by atoms with E-state index in [0.29, 0.717) is 11.8 Å². The van der Waals surface area contributed by atoms with Gasteiger partial charge in [-0.1, -0.05) is 6.42 Å². The Morgan fingerprint density at radius 2 is 2.20 bits per heavy atom. The fourth-order valence-corrected chi connectivity index (χ4v) is 3.08. The molecule has 0 N–H and O–H groups in total. The van der Waals surface area contributed by atoms with E-state index in [1.54, 1.807) is 6.92 Å². The van der Waals surface area contributed by atoms with Crippen LogP contribution in [0.25, 0.3) is 0 Å². The molecular weight excluding hydrogens is 256 g/mol. The summed E-state index contributed by atoms with van der Waals surface area (Å²) in [5.74, 6) is 1.10. The van der Waals surface area contributed by atoms with Gasteiger partial charge in [0.2, 0.25) is 11.8 Å². The van der Waals surface area contributed by atoms with Gasteiger partial charge in [0.25, 0.3) is 0 Å². The third-order valence-corrected chi connectivity index (χ3v) is 4.23. The summed E-state index contributed by atoms with van der Waals surface area (Å²) in [4.78, 5) is 2.31. The molecule has 2 atom stereocenters. The predicted molar refractivity (Wildman–Crippen MR) is 70.7 cm³/mol. The summed E-state index contributed by atoms with van der Waals surface area (Å²) in [6.45, 7) is 6.21. The van der Waals surface area contributed by atoms with Crippen LogP contribution in [0.2, 0.25) is 0 Å². The van der Waals surface area contributed by atoms with E-state index in [4.69, 9.17) is 9.15 Å². The quantitative estimate of drug-likeness (QED) is 0.838. The first-order chi connectivity index (χ1) is 9.60. The van der Waals surface area contributed by atoms with Crippen molar-refractivity contribution in [2.45, 2.75) is 45.3 Å². The smallest absolute Gasteiger partial charge is 0.246 e. The van der Waals surface area contributed by atoms with E-state index in [0.717, 1.165) is 32.5 Å². The largest absolute Gasteiger partial charge is 0.423 e. The standard InChI is InChI=1S/C14H20N4O2/c1-10-6-18(9-14(8-15)4-3-5-14)7-12(19-10)13-17-16-11(2)20-13/h10,12H,3-7,9H2,1-2H3/t10-,12-/m1/s1. The monoisotopic (exact) mass is 276 g/mol. The lowest BCUT2D eigenvalue weighted by atomic mass is 9.69. The second-order valence-electron chi connectivity index (χ2n) is 6.03. The first-order valence-electron chi connectivity index (χ1n) is 7.19. The first kappa shape index (κ1) is 13.5. The number of ether oxygens (including phenoxy) is 1. The Morgan fingerprint density at radius 1 is 1.40 bits per heavy atom. The van der Waals surface area contributed by atoms with Gasteiger partial charge >= 0.3 is 0 Å². The Balaban J connectivity index is 1.69. The Hall–Kier alpha value is -1.45.